The Hall–Kier alpha value is -8.71. The van der Waals surface area contributed by atoms with Crippen molar-refractivity contribution in [1.29, 1.82) is 15.8 Å². The molecule has 4 N–H and O–H groups in total. The molecular weight excluding hydrogens is 1520 g/mol. The minimum atomic E-state index is -1.40. The Morgan fingerprint density at radius 1 is 0.443 bits per heavy atom. The summed E-state index contributed by atoms with van der Waals surface area (Å²) in [6.45, 7) is -1.03. The van der Waals surface area contributed by atoms with Gasteiger partial charge >= 0.3 is 0 Å². The Kier molecular flexibility index (Phi) is 19.1. The lowest BCUT2D eigenvalue weighted by Gasteiger charge is -2.32. The molecule has 0 saturated carbocycles. The quantitative estimate of drug-likeness (QED) is 0.0655. The molecule has 12 heterocycles. The number of benzene rings is 4. The first-order valence-corrected chi connectivity index (χ1v) is 37.2. The minimum absolute atomic E-state index is 0.0117. The monoisotopic (exact) mass is 1600 g/mol. The number of hydrogen-bond acceptors (Lipinski definition) is 25. The van der Waals surface area contributed by atoms with Crippen LogP contribution in [0.2, 0.25) is 23.3 Å². The number of likely N-dealkylation sites (tertiary alicyclic amines) is 4. The van der Waals surface area contributed by atoms with Crippen LogP contribution in [0.15, 0.2) is 116 Å². The van der Waals surface area contributed by atoms with Crippen LogP contribution >= 0.6 is 91.8 Å². The zero-order valence-corrected chi connectivity index (χ0v) is 61.5. The highest BCUT2D eigenvalue weighted by molar-refractivity contribution is 7.23. The maximum absolute atomic E-state index is 14.0. The number of thiazole rings is 2. The minimum Gasteiger partial charge on any atom is -0.367 e. The molecule has 4 aromatic carbocycles. The third-order valence-corrected chi connectivity index (χ3v) is 20.9. The predicted molar refractivity (Wildman–Crippen MR) is 413 cm³/mol. The number of halogens is 8. The fourth-order valence-electron chi connectivity index (χ4n) is 11.3. The summed E-state index contributed by atoms with van der Waals surface area (Å²) in [7, 11) is 0. The Labute approximate surface area is 668 Å². The van der Waals surface area contributed by atoms with Crippen molar-refractivity contribution in [3.05, 3.63) is 196 Å². The number of nitriles is 3. The second kappa shape index (κ2) is 35.8. The van der Waals surface area contributed by atoms with Crippen LogP contribution in [-0.2, 0) is 26.1 Å². The third-order valence-electron chi connectivity index (χ3n) is 16.6. The van der Waals surface area contributed by atoms with Crippen molar-refractivity contribution < 1.29 is 41.0 Å². The first-order valence-electron chi connectivity index (χ1n) is 41.0. The predicted octanol–water partition coefficient (Wildman–Crippen LogP) is 16.6. The molecule has 4 atom stereocenters. The molecular formula is C73H67Cl4F4N21S4. The van der Waals surface area contributed by atoms with E-state index in [1.54, 1.807) is 40.1 Å². The summed E-state index contributed by atoms with van der Waals surface area (Å²) >= 11 is 28.6. The number of rotatable bonds is 16. The summed E-state index contributed by atoms with van der Waals surface area (Å²) in [5, 5.41) is 31.5. The number of piperidine rings is 4. The topological polar surface area (TPSA) is 261 Å². The molecule has 0 amide bonds. The van der Waals surface area contributed by atoms with Crippen molar-refractivity contribution in [2.24, 2.45) is 0 Å². The normalized spacial score (nSPS) is 20.6. The van der Waals surface area contributed by atoms with Crippen LogP contribution in [-0.4, -0.2) is 146 Å². The molecule has 106 heavy (non-hydrogen) atoms. The van der Waals surface area contributed by atoms with Gasteiger partial charge in [0.2, 0.25) is 0 Å². The molecule has 0 spiro atoms. The van der Waals surface area contributed by atoms with E-state index in [9.17, 15) is 17.6 Å². The van der Waals surface area contributed by atoms with Crippen molar-refractivity contribution >= 4 is 156 Å². The van der Waals surface area contributed by atoms with Gasteiger partial charge in [0.15, 0.2) is 26.2 Å². The molecule has 4 aliphatic rings. The lowest BCUT2D eigenvalue weighted by molar-refractivity contribution is 0.211. The molecule has 8 aromatic heterocycles. The van der Waals surface area contributed by atoms with Gasteiger partial charge in [0.1, 0.15) is 109 Å². The van der Waals surface area contributed by atoms with Crippen LogP contribution in [0.4, 0.5) is 40.8 Å². The number of thiophene rings is 2. The Balaban J connectivity index is 0.000000141. The maximum atomic E-state index is 14.0. The van der Waals surface area contributed by atoms with Gasteiger partial charge in [-0.1, -0.05) is 99.4 Å². The average molecular weight is 1600 g/mol. The van der Waals surface area contributed by atoms with Crippen molar-refractivity contribution in [2.75, 3.05) is 73.6 Å². The van der Waals surface area contributed by atoms with Gasteiger partial charge in [-0.15, -0.1) is 22.7 Å². The van der Waals surface area contributed by atoms with Gasteiger partial charge in [-0.25, -0.2) is 67.4 Å². The summed E-state index contributed by atoms with van der Waals surface area (Å²) in [6, 6.07) is 12.1. The van der Waals surface area contributed by atoms with Gasteiger partial charge in [0.05, 0.1) is 48.5 Å². The van der Waals surface area contributed by atoms with Crippen LogP contribution in [0, 0.1) is 57.3 Å². The number of nitrogens with one attached hydrogen (secondary N) is 4. The van der Waals surface area contributed by atoms with E-state index in [1.165, 1.54) is 90.4 Å². The second-order valence-corrected chi connectivity index (χ2v) is 29.9. The van der Waals surface area contributed by atoms with Gasteiger partial charge in [-0.05, 0) is 134 Å². The third kappa shape index (κ3) is 19.9. The molecule has 544 valence electrons. The number of anilines is 4. The highest BCUT2D eigenvalue weighted by atomic mass is 35.5. The van der Waals surface area contributed by atoms with E-state index in [0.29, 0.717) is 119 Å². The molecule has 4 aliphatic heterocycles. The van der Waals surface area contributed by atoms with Crippen LogP contribution in [0.1, 0.15) is 108 Å². The maximum Gasteiger partial charge on any atom is 0.186 e. The van der Waals surface area contributed by atoms with Crippen molar-refractivity contribution in [3.8, 4) is 18.2 Å². The molecule has 0 aliphatic carbocycles. The molecule has 4 saturated heterocycles. The van der Waals surface area contributed by atoms with E-state index in [2.05, 4.69) is 49.8 Å². The van der Waals surface area contributed by atoms with Crippen molar-refractivity contribution in [1.82, 2.24) is 69.4 Å². The summed E-state index contributed by atoms with van der Waals surface area (Å²) < 4.78 is 200. The van der Waals surface area contributed by atoms with Gasteiger partial charge in [-0.2, -0.15) is 15.8 Å². The fourth-order valence-corrected chi connectivity index (χ4v) is 15.2. The van der Waals surface area contributed by atoms with E-state index < -0.39 is 85.5 Å². The zero-order chi connectivity index (χ0) is 88.6. The molecule has 12 aromatic rings. The van der Waals surface area contributed by atoms with Crippen molar-refractivity contribution in [2.45, 2.75) is 102 Å². The smallest absolute Gasteiger partial charge is 0.186 e. The molecule has 33 heteroatoms. The van der Waals surface area contributed by atoms with E-state index in [4.69, 9.17) is 85.7 Å². The second-order valence-electron chi connectivity index (χ2n) is 23.6. The lowest BCUT2D eigenvalue weighted by atomic mass is 10.0. The molecule has 4 fully saturated rings. The standard InChI is InChI=1S/C19H17ClFN5S.2C18H16ClFN6S.C18H18ClFN4S/c20-17-8-15-18(23-11-24-19(15)27-17)25-14-3-5-26(6-4-14)10-12-1-2-13(9-22)16(21)7-12;19-18-25-15-16(22-10-23-17(15)27-18)24-13-3-5-26(6-4-13)9-11-1-2-14(20)12(7-11)8-21;19-18-25-15-16(22-10-23-17(15)27-18)24-13-3-5-26(6-4-13)9-11-1-2-12(8-21)14(20)7-11;19-16-9-15-17(21-11-22-18(15)25-16)23-14-4-6-24(7-5-14)10-12-2-1-3-13(20)8-12/h1-2,7-8,11,14H,3-6,10H2,(H,23,24,25);2*1-2,7,10,13H,3-6,9H2,(H,22,23,24);1-3,8-9,11,14H,4-7,10H2,(H,21,22,23)/i8D,10D,14D;2*9D,13D;2D,3D,8D,9D,10D,14D/hD4. The van der Waals surface area contributed by atoms with E-state index >= 15 is 0 Å². The van der Waals surface area contributed by atoms with Gasteiger partial charge in [0.25, 0.3) is 0 Å². The van der Waals surface area contributed by atoms with Crippen LogP contribution in [0.5, 0.6) is 0 Å². The number of fused-ring (bicyclic) bond motifs is 4. The summed E-state index contributed by atoms with van der Waals surface area (Å²) in [5.41, 5.74) is 1.84. The zero-order valence-electron chi connectivity index (χ0n) is 72.3. The van der Waals surface area contributed by atoms with Crippen LogP contribution in [0.25, 0.3) is 41.1 Å². The molecule has 16 rings (SSSR count). The van der Waals surface area contributed by atoms with Gasteiger partial charge in [0, 0.05) is 108 Å². The first kappa shape index (κ1) is 56.6. The number of nitrogens with zero attached hydrogens (tertiary/aromatic N) is 17. The molecule has 0 bridgehead atoms. The van der Waals surface area contributed by atoms with Gasteiger partial charge in [-0.3, -0.25) is 19.6 Å². The largest absolute Gasteiger partial charge is 0.367 e. The number of hydrogen-bond donors (Lipinski definition) is 4. The summed E-state index contributed by atoms with van der Waals surface area (Å²) in [6.07, 6.45) is 7.15. The molecule has 0 radical (unpaired) electrons. The Morgan fingerprint density at radius 3 is 1.20 bits per heavy atom. The van der Waals surface area contributed by atoms with E-state index in [0.717, 1.165) is 50.0 Å². The highest BCUT2D eigenvalue weighted by Gasteiger charge is 2.27. The van der Waals surface area contributed by atoms with Crippen LogP contribution in [0.3, 0.4) is 0 Å². The van der Waals surface area contributed by atoms with Gasteiger partial charge < -0.3 is 21.2 Å². The van der Waals surface area contributed by atoms with Crippen molar-refractivity contribution in [3.63, 3.8) is 0 Å². The first-order chi connectivity index (χ1) is 58.4. The van der Waals surface area contributed by atoms with E-state index in [1.807, 2.05) is 9.80 Å². The Morgan fingerprint density at radius 2 is 0.802 bits per heavy atom. The highest BCUT2D eigenvalue weighted by Crippen LogP contribution is 2.36. The molecule has 4 unspecified atom stereocenters. The van der Waals surface area contributed by atoms with E-state index in [-0.39, 0.29) is 124 Å². The Bertz CT molecular complexity index is 6070. The molecule has 21 nitrogen and oxygen atoms in total. The SMILES string of the molecule is [2H]C(c1ccc(C#N)c(F)c1)N1CCC([2H])(N([2H])c2ncnc3sc(Cl)nc23)CC1.[2H]C(c1ccc(F)c(C#N)c1)N1CCC([2H])(N([2H])c2ncnc3sc(Cl)nc23)CC1.[2H]c1c(Cl)sc2ncnc(N([2H])C3([2H])CCN(C([2H])c4ccc(C#N)c(F)c4)CC3)c12.[2H]c1cc([2H])c(C([2H])N2CCC([2H])(N([2H])c3ncnc4sc(Cl)c([2H])c34)CC2)c([2H])c1F. The lowest BCUT2D eigenvalue weighted by Crippen LogP contribution is -2.38. The fraction of sp³-hybridized carbons (Fsp3) is 0.329. The number of aromatic nitrogens is 10. The summed E-state index contributed by atoms with van der Waals surface area (Å²) in [5.74, 6) is -2.25. The summed E-state index contributed by atoms with van der Waals surface area (Å²) in [4.78, 5) is 50.5. The van der Waals surface area contributed by atoms with Crippen LogP contribution < -0.4 is 21.2 Å². The average Bonchev–Trinajstić information content (AvgIpc) is 1.74.